The highest BCUT2D eigenvalue weighted by atomic mass is 19.4. The number of fused-ring (bicyclic) bond motifs is 1. The van der Waals surface area contributed by atoms with E-state index in [0.29, 0.717) is 36.4 Å². The zero-order chi connectivity index (χ0) is 33.1. The number of nitrogens with one attached hydrogen (secondary N) is 1. The van der Waals surface area contributed by atoms with Crippen molar-refractivity contribution < 1.29 is 42.1 Å². The average molecular weight is 637 g/mol. The number of benzene rings is 1. The fourth-order valence-electron chi connectivity index (χ4n) is 4.98. The summed E-state index contributed by atoms with van der Waals surface area (Å²) in [4.78, 5) is 46.2. The first-order chi connectivity index (χ1) is 21.3. The number of hydrogen-bond donors (Lipinski definition) is 2. The highest BCUT2D eigenvalue weighted by molar-refractivity contribution is 6.05. The van der Waals surface area contributed by atoms with Gasteiger partial charge in [-0.15, -0.1) is 0 Å². The van der Waals surface area contributed by atoms with Gasteiger partial charge in [0.25, 0.3) is 11.8 Å². The number of aromatic nitrogens is 1. The largest absolute Gasteiger partial charge is 0.490 e. The number of ether oxygens (including phenoxy) is 2. The van der Waals surface area contributed by atoms with Gasteiger partial charge in [-0.1, -0.05) is 6.92 Å². The predicted molar refractivity (Wildman–Crippen MR) is 162 cm³/mol. The highest BCUT2D eigenvalue weighted by Crippen LogP contribution is 2.29. The molecule has 3 amide bonds. The summed E-state index contributed by atoms with van der Waals surface area (Å²) < 4.78 is 50.5. The molecule has 0 spiro atoms. The van der Waals surface area contributed by atoms with E-state index < -0.39 is 43.0 Å². The average Bonchev–Trinajstić information content (AvgIpc) is 3.01. The zero-order valence-corrected chi connectivity index (χ0v) is 26.2. The van der Waals surface area contributed by atoms with Crippen LogP contribution in [0.1, 0.15) is 73.6 Å². The summed E-state index contributed by atoms with van der Waals surface area (Å²) in [6.07, 6.45) is -2.07. The zero-order valence-electron chi connectivity index (χ0n) is 26.2. The van der Waals surface area contributed by atoms with Gasteiger partial charge in [0.1, 0.15) is 5.75 Å². The van der Waals surface area contributed by atoms with Crippen molar-refractivity contribution in [1.29, 1.82) is 0 Å². The maximum Gasteiger partial charge on any atom is 0.389 e. The van der Waals surface area contributed by atoms with Gasteiger partial charge in [-0.05, 0) is 63.4 Å². The molecule has 0 unspecified atom stereocenters. The fraction of sp³-hybridized carbons (Fsp3) is 0.562. The van der Waals surface area contributed by atoms with Crippen molar-refractivity contribution in [2.75, 3.05) is 38.7 Å². The Morgan fingerprint density at radius 2 is 1.89 bits per heavy atom. The van der Waals surface area contributed by atoms with E-state index in [-0.39, 0.29) is 43.2 Å². The van der Waals surface area contributed by atoms with Gasteiger partial charge in [0, 0.05) is 62.7 Å². The Morgan fingerprint density at radius 1 is 1.18 bits per heavy atom. The summed E-state index contributed by atoms with van der Waals surface area (Å²) in [5.74, 6) is -1.53. The van der Waals surface area contributed by atoms with Gasteiger partial charge in [-0.25, -0.2) is 0 Å². The predicted octanol–water partition coefficient (Wildman–Crippen LogP) is 4.93. The van der Waals surface area contributed by atoms with E-state index in [9.17, 15) is 32.7 Å². The molecule has 3 rings (SSSR count). The number of aliphatic hydroxyl groups excluding tert-OH is 1. The van der Waals surface area contributed by atoms with Gasteiger partial charge >= 0.3 is 6.18 Å². The van der Waals surface area contributed by atoms with Crippen LogP contribution in [0.3, 0.4) is 0 Å². The molecule has 0 aliphatic carbocycles. The van der Waals surface area contributed by atoms with Gasteiger partial charge < -0.3 is 29.7 Å². The Labute approximate surface area is 261 Å². The first-order valence-corrected chi connectivity index (χ1v) is 15.1. The standard InChI is InChI=1S/C32H43F3N4O6/c1-21-18-39(22(2)20-40)31(43)26-17-25(37-30(42)24-11-14-36-15-12-24)8-9-27(26)45-23(3)7-5-6-16-44-28(21)19-38(4)29(41)10-13-32(33,34)35/h8-9,11-12,14-15,17,21-23,28,40H,5-7,10,13,16,18-20H2,1-4H3,(H,37,42)/t21-,22+,23-,28-/m0/s1. The van der Waals surface area contributed by atoms with Crippen LogP contribution in [0.2, 0.25) is 0 Å². The summed E-state index contributed by atoms with van der Waals surface area (Å²) in [6, 6.07) is 7.33. The lowest BCUT2D eigenvalue weighted by atomic mass is 10.0. The van der Waals surface area contributed by atoms with Crippen LogP contribution in [0.25, 0.3) is 0 Å². The summed E-state index contributed by atoms with van der Waals surface area (Å²) in [6.45, 7) is 5.57. The number of hydrogen-bond acceptors (Lipinski definition) is 7. The summed E-state index contributed by atoms with van der Waals surface area (Å²) >= 11 is 0. The fourth-order valence-corrected chi connectivity index (χ4v) is 4.98. The normalized spacial score (nSPS) is 20.8. The SMILES string of the molecule is C[C@H](CO)N1C[C@H](C)[C@H](CN(C)C(=O)CCC(F)(F)F)OCCCC[C@H](C)Oc2ccc(NC(=O)c3ccncc3)cc2C1=O. The molecular weight excluding hydrogens is 593 g/mol. The molecule has 0 saturated heterocycles. The number of carbonyl (C=O) groups is 3. The first-order valence-electron chi connectivity index (χ1n) is 15.1. The minimum Gasteiger partial charge on any atom is -0.490 e. The summed E-state index contributed by atoms with van der Waals surface area (Å²) in [7, 11) is 1.44. The van der Waals surface area contributed by atoms with Crippen LogP contribution in [0.4, 0.5) is 18.9 Å². The Hall–Kier alpha value is -3.71. The molecule has 1 aromatic heterocycles. The van der Waals surface area contributed by atoms with Crippen LogP contribution >= 0.6 is 0 Å². The first kappa shape index (κ1) is 35.8. The second-order valence-electron chi connectivity index (χ2n) is 11.6. The van der Waals surface area contributed by atoms with Gasteiger partial charge in [0.15, 0.2) is 0 Å². The number of rotatable bonds is 8. The number of alkyl halides is 3. The van der Waals surface area contributed by atoms with Crippen LogP contribution in [0, 0.1) is 5.92 Å². The molecule has 248 valence electrons. The lowest BCUT2D eigenvalue weighted by molar-refractivity contribution is -0.149. The van der Waals surface area contributed by atoms with E-state index >= 15 is 0 Å². The van der Waals surface area contributed by atoms with E-state index in [1.807, 2.05) is 13.8 Å². The van der Waals surface area contributed by atoms with Gasteiger partial charge in [0.2, 0.25) is 5.91 Å². The smallest absolute Gasteiger partial charge is 0.389 e. The third-order valence-corrected chi connectivity index (χ3v) is 7.75. The number of amides is 3. The molecule has 1 aromatic carbocycles. The highest BCUT2D eigenvalue weighted by Gasteiger charge is 2.32. The molecule has 13 heteroatoms. The molecule has 0 radical (unpaired) electrons. The minimum atomic E-state index is -4.44. The van der Waals surface area contributed by atoms with Crippen LogP contribution in [-0.4, -0.2) is 95.4 Å². The van der Waals surface area contributed by atoms with Crippen LogP contribution < -0.4 is 10.1 Å². The van der Waals surface area contributed by atoms with Crippen molar-refractivity contribution in [3.8, 4) is 5.75 Å². The maximum absolute atomic E-state index is 14.2. The molecular formula is C32H43F3N4O6. The molecule has 0 saturated carbocycles. The molecule has 2 N–H and O–H groups in total. The quantitative estimate of drug-likeness (QED) is 0.422. The van der Waals surface area contributed by atoms with Crippen LogP contribution in [-0.2, 0) is 9.53 Å². The number of carbonyl (C=O) groups excluding carboxylic acids is 3. The van der Waals surface area contributed by atoms with Crippen LogP contribution in [0.15, 0.2) is 42.7 Å². The maximum atomic E-state index is 14.2. The Kier molecular flexibility index (Phi) is 13.2. The third-order valence-electron chi connectivity index (χ3n) is 7.75. The molecule has 1 aliphatic heterocycles. The number of halogens is 3. The molecule has 2 aromatic rings. The minimum absolute atomic E-state index is 0.0364. The lowest BCUT2D eigenvalue weighted by Gasteiger charge is -2.36. The molecule has 45 heavy (non-hydrogen) atoms. The Balaban J connectivity index is 1.91. The molecule has 4 atom stereocenters. The van der Waals surface area contributed by atoms with Crippen molar-refractivity contribution in [3.63, 3.8) is 0 Å². The molecule has 0 bridgehead atoms. The van der Waals surface area contributed by atoms with Crippen LogP contribution in [0.5, 0.6) is 5.75 Å². The van der Waals surface area contributed by atoms with Crippen molar-refractivity contribution in [1.82, 2.24) is 14.8 Å². The van der Waals surface area contributed by atoms with Gasteiger partial charge in [-0.2, -0.15) is 13.2 Å². The monoisotopic (exact) mass is 636 g/mol. The van der Waals surface area contributed by atoms with E-state index in [2.05, 4.69) is 10.3 Å². The third kappa shape index (κ3) is 11.0. The van der Waals surface area contributed by atoms with Crippen molar-refractivity contribution in [3.05, 3.63) is 53.9 Å². The van der Waals surface area contributed by atoms with E-state index in [1.165, 1.54) is 35.3 Å². The molecule has 1 aliphatic rings. The number of aliphatic hydroxyl groups is 1. The van der Waals surface area contributed by atoms with Gasteiger partial charge in [0.05, 0.1) is 36.8 Å². The Morgan fingerprint density at radius 3 is 2.56 bits per heavy atom. The molecule has 0 fully saturated rings. The molecule has 2 heterocycles. The van der Waals surface area contributed by atoms with E-state index in [1.54, 1.807) is 31.2 Å². The summed E-state index contributed by atoms with van der Waals surface area (Å²) in [5.41, 5.74) is 0.945. The second-order valence-corrected chi connectivity index (χ2v) is 11.6. The molecule has 10 nitrogen and oxygen atoms in total. The summed E-state index contributed by atoms with van der Waals surface area (Å²) in [5, 5.41) is 12.9. The van der Waals surface area contributed by atoms with Crippen molar-refractivity contribution in [2.45, 2.75) is 77.3 Å². The van der Waals surface area contributed by atoms with Crippen molar-refractivity contribution in [2.24, 2.45) is 5.92 Å². The van der Waals surface area contributed by atoms with Crippen molar-refractivity contribution >= 4 is 23.4 Å². The number of pyridine rings is 1. The lowest BCUT2D eigenvalue weighted by Crippen LogP contribution is -2.48. The number of nitrogens with zero attached hydrogens (tertiary/aromatic N) is 3. The van der Waals surface area contributed by atoms with E-state index in [0.717, 1.165) is 6.42 Å². The second kappa shape index (κ2) is 16.6. The van der Waals surface area contributed by atoms with E-state index in [4.69, 9.17) is 9.47 Å². The number of likely N-dealkylation sites (N-methyl/N-ethyl adjacent to an activating group) is 1. The number of anilines is 1. The topological polar surface area (TPSA) is 121 Å². The Bertz CT molecular complexity index is 1280. The van der Waals surface area contributed by atoms with Gasteiger partial charge in [-0.3, -0.25) is 19.4 Å².